The van der Waals surface area contributed by atoms with Crippen molar-refractivity contribution in [2.75, 3.05) is 11.4 Å². The van der Waals surface area contributed by atoms with Crippen molar-refractivity contribution in [2.45, 2.75) is 0 Å². The summed E-state index contributed by atoms with van der Waals surface area (Å²) in [6.45, 7) is 0. The smallest absolute Gasteiger partial charge is 0.245 e. The van der Waals surface area contributed by atoms with E-state index in [1.807, 2.05) is 30.3 Å². The van der Waals surface area contributed by atoms with Crippen molar-refractivity contribution in [1.29, 1.82) is 0 Å². The van der Waals surface area contributed by atoms with Crippen molar-refractivity contribution in [1.82, 2.24) is 4.98 Å². The number of hydrogen-bond donors (Lipinski definition) is 0. The zero-order valence-corrected chi connectivity index (χ0v) is 11.4. The number of thiazole rings is 1. The van der Waals surface area contributed by atoms with Crippen molar-refractivity contribution in [3.05, 3.63) is 52.9 Å². The van der Waals surface area contributed by atoms with E-state index in [9.17, 15) is 8.42 Å². The maximum Gasteiger partial charge on any atom is 0.258 e. The fraction of sp³-hybridized carbons (Fsp3) is 0.0833. The molecule has 0 atom stereocenters. The summed E-state index contributed by atoms with van der Waals surface area (Å²) in [5.74, 6) is 0. The zero-order chi connectivity index (χ0) is 13.0. The second-order valence-electron chi connectivity index (χ2n) is 3.54. The molecule has 94 valence electrons. The number of benzene rings is 1. The van der Waals surface area contributed by atoms with Gasteiger partial charge in [-0.25, -0.2) is 17.7 Å². The second kappa shape index (κ2) is 5.32. The lowest BCUT2D eigenvalue weighted by molar-refractivity contribution is 0.603. The summed E-state index contributed by atoms with van der Waals surface area (Å²) in [7, 11) is -1.99. The van der Waals surface area contributed by atoms with Crippen LogP contribution in [0.3, 0.4) is 0 Å². The summed E-state index contributed by atoms with van der Waals surface area (Å²) in [4.78, 5) is 3.97. The van der Waals surface area contributed by atoms with Gasteiger partial charge in [0.1, 0.15) is 0 Å². The van der Waals surface area contributed by atoms with Gasteiger partial charge in [0, 0.05) is 18.6 Å². The Hall–Kier alpha value is -1.66. The molecule has 0 unspecified atom stereocenters. The Morgan fingerprint density at radius 2 is 2.00 bits per heavy atom. The van der Waals surface area contributed by atoms with E-state index in [1.165, 1.54) is 23.8 Å². The minimum Gasteiger partial charge on any atom is -0.245 e. The lowest BCUT2D eigenvalue weighted by Crippen LogP contribution is -2.23. The number of aromatic nitrogens is 1. The molecule has 1 heterocycles. The normalized spacial score (nSPS) is 11.8. The van der Waals surface area contributed by atoms with Crippen LogP contribution in [0.2, 0.25) is 0 Å². The lowest BCUT2D eigenvalue weighted by atomic mass is 10.2. The van der Waals surface area contributed by atoms with Gasteiger partial charge in [0.25, 0.3) is 10.0 Å². The van der Waals surface area contributed by atoms with Crippen molar-refractivity contribution in [2.24, 2.45) is 0 Å². The molecular weight excluding hydrogens is 268 g/mol. The number of rotatable bonds is 4. The van der Waals surface area contributed by atoms with Gasteiger partial charge < -0.3 is 0 Å². The third-order valence-corrected chi connectivity index (χ3v) is 4.68. The third-order valence-electron chi connectivity index (χ3n) is 2.30. The van der Waals surface area contributed by atoms with Crippen molar-refractivity contribution in [3.63, 3.8) is 0 Å². The van der Waals surface area contributed by atoms with E-state index in [2.05, 4.69) is 4.98 Å². The summed E-state index contributed by atoms with van der Waals surface area (Å²) in [5.41, 5.74) is 0.841. The molecule has 1 aromatic carbocycles. The molecule has 1 aromatic heterocycles. The van der Waals surface area contributed by atoms with Crippen molar-refractivity contribution < 1.29 is 8.42 Å². The van der Waals surface area contributed by atoms with Crippen LogP contribution in [-0.4, -0.2) is 20.4 Å². The number of anilines is 1. The highest BCUT2D eigenvalue weighted by atomic mass is 32.2. The van der Waals surface area contributed by atoms with Gasteiger partial charge in [-0.3, -0.25) is 0 Å². The van der Waals surface area contributed by atoms with E-state index in [4.69, 9.17) is 0 Å². The first-order valence-corrected chi connectivity index (χ1v) is 7.59. The van der Waals surface area contributed by atoms with Crippen LogP contribution in [0.5, 0.6) is 0 Å². The second-order valence-corrected chi connectivity index (χ2v) is 6.26. The minimum atomic E-state index is -3.48. The van der Waals surface area contributed by atoms with Crippen LogP contribution < -0.4 is 4.31 Å². The Morgan fingerprint density at radius 3 is 2.61 bits per heavy atom. The minimum absolute atomic E-state index is 0.452. The monoisotopic (exact) mass is 280 g/mol. The van der Waals surface area contributed by atoms with E-state index in [0.717, 1.165) is 9.87 Å². The van der Waals surface area contributed by atoms with Crippen molar-refractivity contribution in [3.8, 4) is 0 Å². The van der Waals surface area contributed by atoms with Crippen LogP contribution in [0, 0.1) is 0 Å². The molecule has 0 fully saturated rings. The first-order chi connectivity index (χ1) is 8.59. The molecular formula is C12H12N2O2S2. The van der Waals surface area contributed by atoms with Crippen LogP contribution in [0.1, 0.15) is 5.56 Å². The fourth-order valence-electron chi connectivity index (χ4n) is 1.30. The molecule has 0 aliphatic carbocycles. The molecule has 2 aromatic rings. The highest BCUT2D eigenvalue weighted by molar-refractivity contribution is 7.95. The van der Waals surface area contributed by atoms with E-state index in [-0.39, 0.29) is 0 Å². The molecule has 0 aliphatic rings. The maximum atomic E-state index is 12.0. The molecule has 0 N–H and O–H groups in total. The average Bonchev–Trinajstić information content (AvgIpc) is 2.90. The summed E-state index contributed by atoms with van der Waals surface area (Å²) >= 11 is 1.28. The fourth-order valence-corrected chi connectivity index (χ4v) is 3.03. The first kappa shape index (κ1) is 12.8. The van der Waals surface area contributed by atoms with Crippen LogP contribution >= 0.6 is 11.3 Å². The maximum absolute atomic E-state index is 12.0. The van der Waals surface area contributed by atoms with Gasteiger partial charge in [0.05, 0.1) is 5.41 Å². The van der Waals surface area contributed by atoms with Crippen LogP contribution in [0.25, 0.3) is 6.08 Å². The van der Waals surface area contributed by atoms with E-state index >= 15 is 0 Å². The molecule has 18 heavy (non-hydrogen) atoms. The third kappa shape index (κ3) is 2.96. The molecule has 6 heteroatoms. The molecule has 4 nitrogen and oxygen atoms in total. The molecule has 2 rings (SSSR count). The van der Waals surface area contributed by atoms with E-state index < -0.39 is 10.0 Å². The standard InChI is InChI=1S/C12H12N2O2S2/c1-14(12-13-8-9-17-12)18(15,16)10-7-11-5-3-2-4-6-11/h2-10H,1H3/b10-7+. The molecule has 0 spiro atoms. The van der Waals surface area contributed by atoms with Gasteiger partial charge in [0.15, 0.2) is 5.13 Å². The predicted molar refractivity (Wildman–Crippen MR) is 74.9 cm³/mol. The Morgan fingerprint density at radius 1 is 1.28 bits per heavy atom. The molecule has 0 aliphatic heterocycles. The lowest BCUT2D eigenvalue weighted by Gasteiger charge is -2.12. The van der Waals surface area contributed by atoms with Crippen LogP contribution in [0.15, 0.2) is 47.3 Å². The van der Waals surface area contributed by atoms with Gasteiger partial charge in [-0.2, -0.15) is 0 Å². The molecule has 0 bridgehead atoms. The highest BCUT2D eigenvalue weighted by Gasteiger charge is 2.16. The Labute approximate surface area is 110 Å². The Balaban J connectivity index is 2.20. The SMILES string of the molecule is CN(c1nccs1)S(=O)(=O)/C=C/c1ccccc1. The zero-order valence-electron chi connectivity index (χ0n) is 9.72. The van der Waals surface area contributed by atoms with Gasteiger partial charge in [-0.1, -0.05) is 30.3 Å². The summed E-state index contributed by atoms with van der Waals surface area (Å²) < 4.78 is 25.2. The van der Waals surface area contributed by atoms with Gasteiger partial charge in [-0.05, 0) is 11.6 Å². The largest absolute Gasteiger partial charge is 0.258 e. The number of sulfonamides is 1. The van der Waals surface area contributed by atoms with Gasteiger partial charge in [0.2, 0.25) is 0 Å². The average molecular weight is 280 g/mol. The number of nitrogens with zero attached hydrogens (tertiary/aromatic N) is 2. The molecule has 0 saturated heterocycles. The van der Waals surface area contributed by atoms with E-state index in [0.29, 0.717) is 5.13 Å². The quantitative estimate of drug-likeness (QED) is 0.865. The summed E-state index contributed by atoms with van der Waals surface area (Å²) in [6, 6.07) is 9.28. The first-order valence-electron chi connectivity index (χ1n) is 5.21. The molecule has 0 saturated carbocycles. The summed E-state index contributed by atoms with van der Waals surface area (Å²) in [5, 5.41) is 3.37. The Kier molecular flexibility index (Phi) is 3.78. The van der Waals surface area contributed by atoms with Gasteiger partial charge >= 0.3 is 0 Å². The van der Waals surface area contributed by atoms with Crippen LogP contribution in [-0.2, 0) is 10.0 Å². The van der Waals surface area contributed by atoms with Crippen molar-refractivity contribution >= 4 is 32.6 Å². The van der Waals surface area contributed by atoms with Crippen LogP contribution in [0.4, 0.5) is 5.13 Å². The highest BCUT2D eigenvalue weighted by Crippen LogP contribution is 2.19. The molecule has 0 amide bonds. The topological polar surface area (TPSA) is 50.3 Å². The van der Waals surface area contributed by atoms with E-state index in [1.54, 1.807) is 17.7 Å². The Bertz CT molecular complexity index is 619. The molecule has 0 radical (unpaired) electrons. The predicted octanol–water partition coefficient (Wildman–Crippen LogP) is 2.58. The summed E-state index contributed by atoms with van der Waals surface area (Å²) in [6.07, 6.45) is 3.15. The van der Waals surface area contributed by atoms with Gasteiger partial charge in [-0.15, -0.1) is 11.3 Å². The number of hydrogen-bond acceptors (Lipinski definition) is 4.